The van der Waals surface area contributed by atoms with E-state index in [0.29, 0.717) is 5.02 Å². The summed E-state index contributed by atoms with van der Waals surface area (Å²) in [7, 11) is 1.63. The summed E-state index contributed by atoms with van der Waals surface area (Å²) in [4.78, 5) is 0. The Kier molecular flexibility index (Phi) is 4.18. The summed E-state index contributed by atoms with van der Waals surface area (Å²) < 4.78 is 5.24. The van der Waals surface area contributed by atoms with Gasteiger partial charge in [0, 0.05) is 11.6 Å². The Hall–Kier alpha value is -0.990. The van der Waals surface area contributed by atoms with Gasteiger partial charge in [-0.05, 0) is 32.1 Å². The van der Waals surface area contributed by atoms with Crippen LogP contribution >= 0.6 is 11.6 Å². The predicted molar refractivity (Wildman–Crippen MR) is 65.3 cm³/mol. The van der Waals surface area contributed by atoms with Crippen molar-refractivity contribution in [3.05, 3.63) is 34.4 Å². The summed E-state index contributed by atoms with van der Waals surface area (Å²) >= 11 is 6.09. The fourth-order valence-electron chi connectivity index (χ4n) is 1.19. The largest absolute Gasteiger partial charge is 0.496 e. The zero-order valence-corrected chi connectivity index (χ0v) is 10.0. The van der Waals surface area contributed by atoms with Gasteiger partial charge in [0.1, 0.15) is 5.75 Å². The highest BCUT2D eigenvalue weighted by Gasteiger charge is 2.06. The predicted octanol–water partition coefficient (Wildman–Crippen LogP) is 3.10. The molecule has 15 heavy (non-hydrogen) atoms. The van der Waals surface area contributed by atoms with Crippen LogP contribution in [0.3, 0.4) is 0 Å². The Morgan fingerprint density at radius 3 is 2.73 bits per heavy atom. The van der Waals surface area contributed by atoms with Crippen molar-refractivity contribution in [2.45, 2.75) is 19.9 Å². The van der Waals surface area contributed by atoms with Crippen LogP contribution < -0.4 is 10.5 Å². The first-order valence-corrected chi connectivity index (χ1v) is 5.20. The summed E-state index contributed by atoms with van der Waals surface area (Å²) in [6.07, 6.45) is 1.96. The number of halogens is 1. The molecule has 0 saturated heterocycles. The Morgan fingerprint density at radius 1 is 1.53 bits per heavy atom. The third kappa shape index (κ3) is 2.98. The minimum absolute atomic E-state index is 0.0194. The van der Waals surface area contributed by atoms with Crippen molar-refractivity contribution in [1.82, 2.24) is 0 Å². The summed E-state index contributed by atoms with van der Waals surface area (Å²) in [6.45, 7) is 3.92. The van der Waals surface area contributed by atoms with E-state index in [2.05, 4.69) is 0 Å². The van der Waals surface area contributed by atoms with E-state index in [1.54, 1.807) is 7.11 Å². The molecule has 2 N–H and O–H groups in total. The van der Waals surface area contributed by atoms with E-state index in [1.807, 2.05) is 38.1 Å². The Labute approximate surface area is 95.7 Å². The Bertz CT molecular complexity index is 372. The van der Waals surface area contributed by atoms with Crippen LogP contribution in [0.4, 0.5) is 0 Å². The molecule has 1 rings (SSSR count). The zero-order valence-electron chi connectivity index (χ0n) is 9.25. The molecule has 0 spiro atoms. The first-order chi connectivity index (χ1) is 7.06. The fraction of sp³-hybridized carbons (Fsp3) is 0.333. The summed E-state index contributed by atoms with van der Waals surface area (Å²) in [5, 5.41) is 0.675. The molecular formula is C12H16ClNO. The fourth-order valence-corrected chi connectivity index (χ4v) is 1.41. The SMILES string of the molecule is COc1cccc(Cl)c1/C=C(/C)C(C)N. The molecule has 0 bridgehead atoms. The number of methoxy groups -OCH3 is 1. The number of benzene rings is 1. The smallest absolute Gasteiger partial charge is 0.127 e. The lowest BCUT2D eigenvalue weighted by atomic mass is 10.1. The lowest BCUT2D eigenvalue weighted by Gasteiger charge is -2.10. The van der Waals surface area contributed by atoms with Gasteiger partial charge in [0.2, 0.25) is 0 Å². The van der Waals surface area contributed by atoms with Crippen molar-refractivity contribution in [2.24, 2.45) is 5.73 Å². The van der Waals surface area contributed by atoms with Crippen molar-refractivity contribution >= 4 is 17.7 Å². The van der Waals surface area contributed by atoms with Crippen molar-refractivity contribution in [3.8, 4) is 5.75 Å². The number of rotatable bonds is 3. The van der Waals surface area contributed by atoms with Crippen LogP contribution in [0.1, 0.15) is 19.4 Å². The molecule has 2 nitrogen and oxygen atoms in total. The molecule has 0 aliphatic heterocycles. The third-order valence-electron chi connectivity index (χ3n) is 2.32. The number of ether oxygens (including phenoxy) is 1. The minimum atomic E-state index is 0.0194. The van der Waals surface area contributed by atoms with E-state index in [4.69, 9.17) is 22.1 Å². The quantitative estimate of drug-likeness (QED) is 0.858. The number of nitrogens with two attached hydrogens (primary N) is 1. The highest BCUT2D eigenvalue weighted by Crippen LogP contribution is 2.28. The molecule has 0 aliphatic rings. The third-order valence-corrected chi connectivity index (χ3v) is 2.65. The van der Waals surface area contributed by atoms with Crippen LogP contribution in [-0.2, 0) is 0 Å². The summed E-state index contributed by atoms with van der Waals surface area (Å²) in [5.41, 5.74) is 7.73. The van der Waals surface area contributed by atoms with Crippen LogP contribution in [0.5, 0.6) is 5.75 Å². The molecule has 0 saturated carbocycles. The molecule has 1 atom stereocenters. The Balaban J connectivity index is 3.18. The molecule has 1 unspecified atom stereocenters. The second kappa shape index (κ2) is 5.19. The van der Waals surface area contributed by atoms with Gasteiger partial charge in [0.15, 0.2) is 0 Å². The van der Waals surface area contributed by atoms with E-state index in [1.165, 1.54) is 0 Å². The molecule has 1 aromatic rings. The van der Waals surface area contributed by atoms with Gasteiger partial charge in [-0.2, -0.15) is 0 Å². The molecule has 0 aliphatic carbocycles. The van der Waals surface area contributed by atoms with Gasteiger partial charge in [0.25, 0.3) is 0 Å². The molecule has 0 aromatic heterocycles. The lowest BCUT2D eigenvalue weighted by Crippen LogP contribution is -2.15. The monoisotopic (exact) mass is 225 g/mol. The first kappa shape index (κ1) is 12.1. The molecule has 1 aromatic carbocycles. The molecular weight excluding hydrogens is 210 g/mol. The maximum atomic E-state index is 6.09. The number of hydrogen-bond acceptors (Lipinski definition) is 2. The average Bonchev–Trinajstić information content (AvgIpc) is 2.20. The summed E-state index contributed by atoms with van der Waals surface area (Å²) in [6, 6.07) is 5.60. The molecule has 82 valence electrons. The average molecular weight is 226 g/mol. The lowest BCUT2D eigenvalue weighted by molar-refractivity contribution is 0.414. The van der Waals surface area contributed by atoms with E-state index >= 15 is 0 Å². The second-order valence-corrected chi connectivity index (χ2v) is 3.94. The van der Waals surface area contributed by atoms with Crippen LogP contribution in [0, 0.1) is 0 Å². The van der Waals surface area contributed by atoms with Gasteiger partial charge in [-0.25, -0.2) is 0 Å². The highest BCUT2D eigenvalue weighted by atomic mass is 35.5. The van der Waals surface area contributed by atoms with Gasteiger partial charge in [0.05, 0.1) is 12.1 Å². The molecule has 0 amide bonds. The van der Waals surface area contributed by atoms with Crippen LogP contribution in [-0.4, -0.2) is 13.2 Å². The van der Waals surface area contributed by atoms with E-state index in [9.17, 15) is 0 Å². The number of hydrogen-bond donors (Lipinski definition) is 1. The van der Waals surface area contributed by atoms with Gasteiger partial charge >= 0.3 is 0 Å². The van der Waals surface area contributed by atoms with Crippen molar-refractivity contribution in [3.63, 3.8) is 0 Å². The molecule has 0 fully saturated rings. The standard InChI is InChI=1S/C12H16ClNO/c1-8(9(2)14)7-10-11(13)5-4-6-12(10)15-3/h4-7,9H,14H2,1-3H3/b8-7-. The van der Waals surface area contributed by atoms with Gasteiger partial charge in [-0.15, -0.1) is 0 Å². The normalized spacial score (nSPS) is 13.8. The van der Waals surface area contributed by atoms with E-state index in [0.717, 1.165) is 16.9 Å². The van der Waals surface area contributed by atoms with Gasteiger partial charge in [-0.3, -0.25) is 0 Å². The van der Waals surface area contributed by atoms with Gasteiger partial charge < -0.3 is 10.5 Å². The van der Waals surface area contributed by atoms with Gasteiger partial charge in [-0.1, -0.05) is 23.2 Å². The van der Waals surface area contributed by atoms with E-state index < -0.39 is 0 Å². The van der Waals surface area contributed by atoms with Crippen LogP contribution in [0.25, 0.3) is 6.08 Å². The molecule has 0 heterocycles. The first-order valence-electron chi connectivity index (χ1n) is 4.82. The van der Waals surface area contributed by atoms with Crippen molar-refractivity contribution < 1.29 is 4.74 Å². The van der Waals surface area contributed by atoms with Crippen molar-refractivity contribution in [2.75, 3.05) is 7.11 Å². The molecule has 0 radical (unpaired) electrons. The minimum Gasteiger partial charge on any atom is -0.496 e. The molecule has 3 heteroatoms. The maximum Gasteiger partial charge on any atom is 0.127 e. The van der Waals surface area contributed by atoms with Crippen molar-refractivity contribution in [1.29, 1.82) is 0 Å². The van der Waals surface area contributed by atoms with Crippen LogP contribution in [0.15, 0.2) is 23.8 Å². The topological polar surface area (TPSA) is 35.2 Å². The Morgan fingerprint density at radius 2 is 2.20 bits per heavy atom. The maximum absolute atomic E-state index is 6.09. The van der Waals surface area contributed by atoms with E-state index in [-0.39, 0.29) is 6.04 Å². The zero-order chi connectivity index (χ0) is 11.4. The van der Waals surface area contributed by atoms with Crippen LogP contribution in [0.2, 0.25) is 5.02 Å². The highest BCUT2D eigenvalue weighted by molar-refractivity contribution is 6.32. The second-order valence-electron chi connectivity index (χ2n) is 3.53. The summed E-state index contributed by atoms with van der Waals surface area (Å²) in [5.74, 6) is 0.766.